The molecule has 0 saturated carbocycles. The Labute approximate surface area is 124 Å². The fraction of sp³-hybridized carbons (Fsp3) is 0. The molecule has 0 aliphatic carbocycles. The van der Waals surface area contributed by atoms with Crippen LogP contribution >= 0.6 is 0 Å². The Kier molecular flexibility index (Phi) is 3.61. The van der Waals surface area contributed by atoms with Crippen molar-refractivity contribution in [1.82, 2.24) is 14.8 Å². The number of rotatable bonds is 3. The van der Waals surface area contributed by atoms with Gasteiger partial charge in [0.2, 0.25) is 0 Å². The highest BCUT2D eigenvalue weighted by Crippen LogP contribution is 2.18. The van der Waals surface area contributed by atoms with Gasteiger partial charge in [-0.1, -0.05) is 0 Å². The Morgan fingerprint density at radius 2 is 1.95 bits per heavy atom. The number of anilines is 1. The normalized spacial score (nSPS) is 10.5. The largest absolute Gasteiger partial charge is 0.319 e. The number of carbonyl (C=O) groups excluding carboxylic acids is 1. The second kappa shape index (κ2) is 5.72. The quantitative estimate of drug-likeness (QED) is 0.809. The van der Waals surface area contributed by atoms with Crippen molar-refractivity contribution in [2.75, 3.05) is 5.32 Å². The van der Waals surface area contributed by atoms with E-state index in [4.69, 9.17) is 0 Å². The summed E-state index contributed by atoms with van der Waals surface area (Å²) >= 11 is 0. The number of hydrogen-bond acceptors (Lipinski definition) is 3. The average Bonchev–Trinajstić information content (AvgIpc) is 3.04. The third-order valence-electron chi connectivity index (χ3n) is 2.94. The van der Waals surface area contributed by atoms with Crippen molar-refractivity contribution in [3.05, 3.63) is 72.2 Å². The molecule has 0 unspecified atom stereocenters. The molecule has 5 nitrogen and oxygen atoms in total. The monoisotopic (exact) mass is 300 g/mol. The molecule has 0 bridgehead atoms. The molecule has 0 aliphatic rings. The van der Waals surface area contributed by atoms with Crippen LogP contribution in [0.5, 0.6) is 0 Å². The minimum atomic E-state index is -1.08. The molecule has 3 aromatic rings. The first-order valence-electron chi connectivity index (χ1n) is 6.36. The van der Waals surface area contributed by atoms with E-state index in [1.54, 1.807) is 36.8 Å². The van der Waals surface area contributed by atoms with Gasteiger partial charge in [0, 0.05) is 24.2 Å². The molecule has 1 aromatic carbocycles. The van der Waals surface area contributed by atoms with Gasteiger partial charge in [0.05, 0.1) is 5.69 Å². The minimum Gasteiger partial charge on any atom is -0.319 e. The van der Waals surface area contributed by atoms with E-state index in [-0.39, 0.29) is 5.56 Å². The van der Waals surface area contributed by atoms with Crippen LogP contribution in [0.1, 0.15) is 10.4 Å². The van der Waals surface area contributed by atoms with E-state index in [1.807, 2.05) is 0 Å². The number of aromatic nitrogens is 3. The third kappa shape index (κ3) is 2.69. The minimum absolute atomic E-state index is 0.00849. The number of amides is 1. The van der Waals surface area contributed by atoms with Crippen molar-refractivity contribution >= 4 is 11.6 Å². The number of pyridine rings is 1. The van der Waals surface area contributed by atoms with Gasteiger partial charge in [-0.2, -0.15) is 5.10 Å². The molecule has 2 aromatic heterocycles. The first-order valence-corrected chi connectivity index (χ1v) is 6.36. The van der Waals surface area contributed by atoms with Crippen LogP contribution in [-0.2, 0) is 0 Å². The van der Waals surface area contributed by atoms with Gasteiger partial charge in [-0.25, -0.2) is 18.4 Å². The van der Waals surface area contributed by atoms with E-state index in [9.17, 15) is 13.6 Å². The standard InChI is InChI=1S/C15H10F2N4O/c16-11-5-4-10(9-12(11)17)15(22)20-13-3-1-6-18-14(13)21-8-2-7-19-21/h1-9H,(H,20,22). The van der Waals surface area contributed by atoms with Crippen LogP contribution in [0.15, 0.2) is 55.0 Å². The molecule has 3 rings (SSSR count). The Morgan fingerprint density at radius 1 is 1.09 bits per heavy atom. The molecule has 0 aliphatic heterocycles. The van der Waals surface area contributed by atoms with Crippen molar-refractivity contribution in [3.8, 4) is 5.82 Å². The van der Waals surface area contributed by atoms with E-state index in [0.717, 1.165) is 12.1 Å². The molecule has 0 atom stereocenters. The molecule has 0 radical (unpaired) electrons. The topological polar surface area (TPSA) is 59.8 Å². The summed E-state index contributed by atoms with van der Waals surface area (Å²) in [6, 6.07) is 7.96. The third-order valence-corrected chi connectivity index (χ3v) is 2.94. The lowest BCUT2D eigenvalue weighted by Crippen LogP contribution is -2.15. The van der Waals surface area contributed by atoms with Crippen LogP contribution in [0.3, 0.4) is 0 Å². The molecule has 110 valence electrons. The summed E-state index contributed by atoms with van der Waals surface area (Å²) in [6.07, 6.45) is 4.81. The van der Waals surface area contributed by atoms with Gasteiger partial charge in [0.15, 0.2) is 17.5 Å². The number of nitrogens with one attached hydrogen (secondary N) is 1. The number of halogens is 2. The summed E-state index contributed by atoms with van der Waals surface area (Å²) in [5.41, 5.74) is 0.412. The van der Waals surface area contributed by atoms with Crippen LogP contribution < -0.4 is 5.32 Å². The SMILES string of the molecule is O=C(Nc1cccnc1-n1cccn1)c1ccc(F)c(F)c1. The van der Waals surface area contributed by atoms with Crippen molar-refractivity contribution < 1.29 is 13.6 Å². The van der Waals surface area contributed by atoms with Crippen molar-refractivity contribution in [1.29, 1.82) is 0 Å². The lowest BCUT2D eigenvalue weighted by molar-refractivity contribution is 0.102. The number of nitrogens with zero attached hydrogens (tertiary/aromatic N) is 3. The van der Waals surface area contributed by atoms with Crippen LogP contribution in [-0.4, -0.2) is 20.7 Å². The first kappa shape index (κ1) is 13.9. The highest BCUT2D eigenvalue weighted by Gasteiger charge is 2.13. The molecule has 2 heterocycles. The van der Waals surface area contributed by atoms with E-state index >= 15 is 0 Å². The predicted molar refractivity (Wildman–Crippen MR) is 75.7 cm³/mol. The van der Waals surface area contributed by atoms with Crippen molar-refractivity contribution in [2.45, 2.75) is 0 Å². The zero-order valence-corrected chi connectivity index (χ0v) is 11.2. The molecule has 0 spiro atoms. The van der Waals surface area contributed by atoms with Crippen LogP contribution in [0.4, 0.5) is 14.5 Å². The summed E-state index contributed by atoms with van der Waals surface area (Å²) in [4.78, 5) is 16.3. The maximum atomic E-state index is 13.2. The van der Waals surface area contributed by atoms with Crippen molar-refractivity contribution in [3.63, 3.8) is 0 Å². The summed E-state index contributed by atoms with van der Waals surface area (Å²) in [7, 11) is 0. The van der Waals surface area contributed by atoms with Gasteiger partial charge in [0.1, 0.15) is 0 Å². The van der Waals surface area contributed by atoms with Crippen LogP contribution in [0.25, 0.3) is 5.82 Å². The summed E-state index contributed by atoms with van der Waals surface area (Å²) in [6.45, 7) is 0. The average molecular weight is 300 g/mol. The Morgan fingerprint density at radius 3 is 2.68 bits per heavy atom. The highest BCUT2D eigenvalue weighted by molar-refractivity contribution is 6.05. The van der Waals surface area contributed by atoms with Gasteiger partial charge in [0.25, 0.3) is 5.91 Å². The number of carbonyl (C=O) groups is 1. The molecule has 0 fully saturated rings. The maximum absolute atomic E-state index is 13.2. The maximum Gasteiger partial charge on any atom is 0.255 e. The van der Waals surface area contributed by atoms with Gasteiger partial charge >= 0.3 is 0 Å². The Bertz CT molecular complexity index is 818. The molecule has 1 N–H and O–H groups in total. The van der Waals surface area contributed by atoms with E-state index < -0.39 is 17.5 Å². The van der Waals surface area contributed by atoms with Crippen LogP contribution in [0.2, 0.25) is 0 Å². The lowest BCUT2D eigenvalue weighted by Gasteiger charge is -2.10. The number of benzene rings is 1. The highest BCUT2D eigenvalue weighted by atomic mass is 19.2. The van der Waals surface area contributed by atoms with Crippen molar-refractivity contribution in [2.24, 2.45) is 0 Å². The second-order valence-corrected chi connectivity index (χ2v) is 4.41. The molecule has 7 heteroatoms. The molecular formula is C15H10F2N4O. The fourth-order valence-electron chi connectivity index (χ4n) is 1.90. The zero-order chi connectivity index (χ0) is 15.5. The van der Waals surface area contributed by atoms with Gasteiger partial charge < -0.3 is 5.32 Å². The van der Waals surface area contributed by atoms with Gasteiger partial charge in [-0.15, -0.1) is 0 Å². The Hall–Kier alpha value is -3.09. The zero-order valence-electron chi connectivity index (χ0n) is 11.2. The first-order chi connectivity index (χ1) is 10.6. The molecule has 1 amide bonds. The summed E-state index contributed by atoms with van der Waals surface area (Å²) < 4.78 is 27.6. The summed E-state index contributed by atoms with van der Waals surface area (Å²) in [5.74, 6) is -2.23. The molecular weight excluding hydrogens is 290 g/mol. The predicted octanol–water partition coefficient (Wildman–Crippen LogP) is 2.80. The Balaban J connectivity index is 1.90. The smallest absolute Gasteiger partial charge is 0.255 e. The van der Waals surface area contributed by atoms with E-state index in [2.05, 4.69) is 15.4 Å². The van der Waals surface area contributed by atoms with Gasteiger partial charge in [-0.05, 0) is 36.4 Å². The van der Waals surface area contributed by atoms with E-state index in [0.29, 0.717) is 11.5 Å². The lowest BCUT2D eigenvalue weighted by atomic mass is 10.2. The fourth-order valence-corrected chi connectivity index (χ4v) is 1.90. The second-order valence-electron chi connectivity index (χ2n) is 4.41. The molecule has 0 saturated heterocycles. The summed E-state index contributed by atoms with van der Waals surface area (Å²) in [5, 5.41) is 6.66. The number of hydrogen-bond donors (Lipinski definition) is 1. The van der Waals surface area contributed by atoms with Crippen LogP contribution in [0, 0.1) is 11.6 Å². The van der Waals surface area contributed by atoms with Gasteiger partial charge in [-0.3, -0.25) is 4.79 Å². The molecule has 22 heavy (non-hydrogen) atoms. The van der Waals surface area contributed by atoms with E-state index in [1.165, 1.54) is 10.7 Å².